The Morgan fingerprint density at radius 2 is 1.90 bits per heavy atom. The normalized spacial score (nSPS) is 10.0. The van der Waals surface area contributed by atoms with Gasteiger partial charge in [0.25, 0.3) is 0 Å². The van der Waals surface area contributed by atoms with Crippen molar-refractivity contribution in [2.24, 2.45) is 0 Å². The van der Waals surface area contributed by atoms with Crippen LogP contribution in [0.15, 0.2) is 11.6 Å². The van der Waals surface area contributed by atoms with Crippen molar-refractivity contribution in [2.45, 2.75) is 0 Å². The smallest absolute Gasteiger partial charge is 0.0777 e. The van der Waals surface area contributed by atoms with E-state index in [1.165, 1.54) is 11.5 Å². The fraction of sp³-hybridized carbons (Fsp3) is 0. The summed E-state index contributed by atoms with van der Waals surface area (Å²) in [7, 11) is -4.69. The van der Waals surface area contributed by atoms with Crippen molar-refractivity contribution in [3.8, 4) is 0 Å². The van der Waals surface area contributed by atoms with Crippen LogP contribution in [0.4, 0.5) is 0 Å². The second-order valence-corrected chi connectivity index (χ2v) is 2.42. The number of nitrogens with zero attached hydrogens (tertiary/aromatic N) is 2. The highest BCUT2D eigenvalue weighted by Crippen LogP contribution is 1.78. The number of hydrogen-bond acceptors (Lipinski definition) is 7. The van der Waals surface area contributed by atoms with Gasteiger partial charge in [0.1, 0.15) is 0 Å². The highest BCUT2D eigenvalue weighted by molar-refractivity contribution is 7.03. The van der Waals surface area contributed by atoms with E-state index in [0.29, 0.717) is 0 Å². The van der Waals surface area contributed by atoms with Crippen molar-refractivity contribution >= 4 is 11.5 Å². The van der Waals surface area contributed by atoms with Gasteiger partial charge in [-0.25, -0.2) is 0 Å². The highest BCUT2D eigenvalue weighted by Gasteiger charge is 1.98. The Labute approximate surface area is 62.3 Å². The lowest BCUT2D eigenvalue weighted by atomic mass is 11.1. The molecule has 58 valence electrons. The zero-order chi connectivity index (χ0) is 8.04. The van der Waals surface area contributed by atoms with Crippen LogP contribution >= 0.6 is 11.5 Å². The summed E-state index contributed by atoms with van der Waals surface area (Å²) in [5.41, 5.74) is 0. The standard InChI is InChI=1S/C2H2N2S.ClHO4/c1-2-5-4-3-1;2-1(3,4)5/h1-2H;(H,2,3,4,5). The average Bonchev–Trinajstić information content (AvgIpc) is 2.07. The van der Waals surface area contributed by atoms with Gasteiger partial charge in [-0.05, 0) is 11.5 Å². The molecule has 0 amide bonds. The van der Waals surface area contributed by atoms with Gasteiger partial charge in [-0.1, -0.05) is 4.49 Å². The first-order valence-electron chi connectivity index (χ1n) is 1.84. The minimum absolute atomic E-state index is 1.35. The van der Waals surface area contributed by atoms with Gasteiger partial charge in [-0.15, -0.1) is 5.10 Å². The fourth-order valence-electron chi connectivity index (χ4n) is 0.136. The first-order chi connectivity index (χ1) is 4.50. The summed E-state index contributed by atoms with van der Waals surface area (Å²) < 4.78 is 36.2. The van der Waals surface area contributed by atoms with Gasteiger partial charge < -0.3 is 0 Å². The lowest BCUT2D eigenvalue weighted by molar-refractivity contribution is -1.92. The molecule has 0 unspecified atom stereocenters. The van der Waals surface area contributed by atoms with Gasteiger partial charge in [0.15, 0.2) is 0 Å². The minimum Gasteiger partial charge on any atom is -0.183 e. The number of aromatic nitrogens is 2. The molecule has 8 heteroatoms. The van der Waals surface area contributed by atoms with E-state index in [1.54, 1.807) is 6.20 Å². The van der Waals surface area contributed by atoms with Crippen molar-refractivity contribution in [1.82, 2.24) is 9.59 Å². The van der Waals surface area contributed by atoms with Gasteiger partial charge in [0, 0.05) is 5.38 Å². The van der Waals surface area contributed by atoms with Gasteiger partial charge in [0.05, 0.1) is 21.1 Å². The summed E-state index contributed by atoms with van der Waals surface area (Å²) in [5.74, 6) is 0. The van der Waals surface area contributed by atoms with E-state index in [4.69, 9.17) is 18.6 Å². The molecule has 0 aromatic carbocycles. The third kappa shape index (κ3) is 15.6. The van der Waals surface area contributed by atoms with Crippen LogP contribution in [-0.4, -0.2) is 14.2 Å². The third-order valence-corrected chi connectivity index (χ3v) is 0.715. The van der Waals surface area contributed by atoms with E-state index >= 15 is 0 Å². The van der Waals surface area contributed by atoms with Crippen molar-refractivity contribution in [3.05, 3.63) is 11.6 Å². The van der Waals surface area contributed by atoms with Crippen molar-refractivity contribution in [1.29, 1.82) is 0 Å². The number of hydrogen-bond donors (Lipinski definition) is 1. The largest absolute Gasteiger partial charge is 0.183 e. The van der Waals surface area contributed by atoms with Crippen LogP contribution in [0.3, 0.4) is 0 Å². The Hall–Kier alpha value is -0.310. The molecule has 1 heterocycles. The van der Waals surface area contributed by atoms with Crippen LogP contribution in [0.5, 0.6) is 0 Å². The van der Waals surface area contributed by atoms with E-state index in [-0.39, 0.29) is 0 Å². The molecule has 1 aromatic rings. The van der Waals surface area contributed by atoms with Crippen LogP contribution in [-0.2, 0) is 0 Å². The molecule has 1 aromatic heterocycles. The second-order valence-electron chi connectivity index (χ2n) is 0.984. The number of halogens is 1. The Morgan fingerprint density at radius 3 is 2.00 bits per heavy atom. The molecule has 1 rings (SSSR count). The first kappa shape index (κ1) is 9.69. The summed E-state index contributed by atoms with van der Waals surface area (Å²) in [6.07, 6.45) is 1.66. The Bertz CT molecular complexity index is 128. The van der Waals surface area contributed by atoms with Crippen LogP contribution in [0.2, 0.25) is 0 Å². The maximum atomic E-state index is 8.60. The Morgan fingerprint density at radius 1 is 1.40 bits per heavy atom. The van der Waals surface area contributed by atoms with Crippen LogP contribution < -0.4 is 14.0 Å². The lowest BCUT2D eigenvalue weighted by Gasteiger charge is -2.03. The van der Waals surface area contributed by atoms with E-state index in [1.807, 2.05) is 5.38 Å². The molecule has 0 atom stereocenters. The molecule has 0 spiro atoms. The fourth-order valence-corrected chi connectivity index (χ4v) is 0.408. The molecule has 6 nitrogen and oxygen atoms in total. The molecule has 1 N–H and O–H groups in total. The van der Waals surface area contributed by atoms with E-state index in [9.17, 15) is 0 Å². The van der Waals surface area contributed by atoms with Gasteiger partial charge in [-0.2, -0.15) is 14.0 Å². The van der Waals surface area contributed by atoms with Gasteiger partial charge in [0.2, 0.25) is 0 Å². The maximum Gasteiger partial charge on any atom is 0.0777 e. The summed E-state index contributed by atoms with van der Waals surface area (Å²) >= 11 is 1.35. The Balaban J connectivity index is 0.000000162. The van der Waals surface area contributed by atoms with Crippen molar-refractivity contribution in [3.63, 3.8) is 0 Å². The molecule has 0 aliphatic rings. The van der Waals surface area contributed by atoms with Crippen LogP contribution in [0, 0.1) is 10.2 Å². The maximum absolute atomic E-state index is 8.60. The van der Waals surface area contributed by atoms with Gasteiger partial charge in [-0.3, -0.25) is 0 Å². The average molecular weight is 187 g/mol. The van der Waals surface area contributed by atoms with E-state index in [0.717, 1.165) is 0 Å². The molecule has 0 saturated heterocycles. The monoisotopic (exact) mass is 186 g/mol. The SMILES string of the molecule is [O-][Cl+3]([O-])([O-])O.c1csnn1. The van der Waals surface area contributed by atoms with Crippen LogP contribution in [0.25, 0.3) is 0 Å². The summed E-state index contributed by atoms with van der Waals surface area (Å²) in [6.45, 7) is 0. The summed E-state index contributed by atoms with van der Waals surface area (Å²) in [4.78, 5) is 0. The minimum atomic E-state index is -4.69. The zero-order valence-electron chi connectivity index (χ0n) is 4.51. The predicted octanol–water partition coefficient (Wildman–Crippen LogP) is -3.59. The zero-order valence-corrected chi connectivity index (χ0v) is 6.08. The molecular formula is C2H3ClN2O4S. The molecule has 10 heavy (non-hydrogen) atoms. The second kappa shape index (κ2) is 4.50. The Kier molecular flexibility index (Phi) is 4.36. The van der Waals surface area contributed by atoms with Crippen molar-refractivity contribution in [2.75, 3.05) is 0 Å². The first-order valence-corrected chi connectivity index (χ1v) is 3.94. The predicted molar refractivity (Wildman–Crippen MR) is 22.1 cm³/mol. The van der Waals surface area contributed by atoms with Gasteiger partial charge >= 0.3 is 0 Å². The topological polar surface area (TPSA) is 115 Å². The van der Waals surface area contributed by atoms with Crippen molar-refractivity contribution < 1.29 is 28.9 Å². The molecule has 0 saturated carbocycles. The van der Waals surface area contributed by atoms with E-state index in [2.05, 4.69) is 9.59 Å². The molecule has 0 bridgehead atoms. The molecular weight excluding hydrogens is 184 g/mol. The molecule has 0 fully saturated rings. The molecule has 0 radical (unpaired) electrons. The lowest BCUT2D eigenvalue weighted by Crippen LogP contribution is -2.58. The van der Waals surface area contributed by atoms with Crippen LogP contribution in [0.1, 0.15) is 0 Å². The molecule has 0 aliphatic heterocycles. The number of rotatable bonds is 0. The third-order valence-electron chi connectivity index (χ3n) is 0.283. The highest BCUT2D eigenvalue weighted by atomic mass is 35.7. The summed E-state index contributed by atoms with van der Waals surface area (Å²) in [5, 5.41) is 5.31. The molecule has 0 aliphatic carbocycles. The van der Waals surface area contributed by atoms with E-state index < -0.39 is 10.2 Å². The summed E-state index contributed by atoms with van der Waals surface area (Å²) in [6, 6.07) is 0. The quantitative estimate of drug-likeness (QED) is 0.448.